The van der Waals surface area contributed by atoms with E-state index >= 15 is 0 Å². The largest absolute Gasteiger partial charge is 0.490 e. The van der Waals surface area contributed by atoms with Crippen molar-refractivity contribution in [3.63, 3.8) is 0 Å². The van der Waals surface area contributed by atoms with Crippen molar-refractivity contribution in [1.82, 2.24) is 4.98 Å². The van der Waals surface area contributed by atoms with Crippen molar-refractivity contribution in [2.45, 2.75) is 38.6 Å². The summed E-state index contributed by atoms with van der Waals surface area (Å²) in [4.78, 5) is 6.80. The molecule has 4 heteroatoms. The summed E-state index contributed by atoms with van der Waals surface area (Å²) in [7, 11) is 0. The molecule has 0 bridgehead atoms. The summed E-state index contributed by atoms with van der Waals surface area (Å²) in [6.07, 6.45) is 6.62. The molecule has 1 aliphatic rings. The van der Waals surface area contributed by atoms with Gasteiger partial charge < -0.3 is 9.64 Å². The number of nitrogens with zero attached hydrogens (tertiary/aromatic N) is 2. The summed E-state index contributed by atoms with van der Waals surface area (Å²) in [5.41, 5.74) is 0. The van der Waals surface area contributed by atoms with Gasteiger partial charge in [-0.2, -0.15) is 0 Å². The lowest BCUT2D eigenvalue weighted by molar-refractivity contribution is 0.312. The highest BCUT2D eigenvalue weighted by Crippen LogP contribution is 2.33. The first-order chi connectivity index (χ1) is 8.86. The van der Waals surface area contributed by atoms with Gasteiger partial charge >= 0.3 is 0 Å². The van der Waals surface area contributed by atoms with E-state index < -0.39 is 0 Å². The normalized spacial score (nSPS) is 15.2. The first kappa shape index (κ1) is 13.5. The lowest BCUT2D eigenvalue weighted by Gasteiger charge is -2.38. The smallest absolute Gasteiger partial charge is 0.171 e. The number of halogens is 1. The second-order valence-corrected chi connectivity index (χ2v) is 5.02. The molecule has 0 atom stereocenters. The molecule has 1 aromatic rings. The second kappa shape index (κ2) is 6.83. The van der Waals surface area contributed by atoms with Gasteiger partial charge in [-0.1, -0.05) is 6.92 Å². The van der Waals surface area contributed by atoms with Gasteiger partial charge in [-0.15, -0.1) is 11.6 Å². The van der Waals surface area contributed by atoms with Crippen LogP contribution in [0.4, 0.5) is 5.82 Å². The van der Waals surface area contributed by atoms with Crippen molar-refractivity contribution < 1.29 is 4.74 Å². The zero-order chi connectivity index (χ0) is 12.8. The Morgan fingerprint density at radius 1 is 1.50 bits per heavy atom. The topological polar surface area (TPSA) is 25.4 Å². The van der Waals surface area contributed by atoms with E-state index in [1.807, 2.05) is 18.3 Å². The molecular formula is C14H21ClN2O. The third-order valence-electron chi connectivity index (χ3n) is 3.33. The van der Waals surface area contributed by atoms with Crippen molar-refractivity contribution in [1.29, 1.82) is 0 Å². The Labute approximate surface area is 114 Å². The molecule has 0 N–H and O–H groups in total. The van der Waals surface area contributed by atoms with Gasteiger partial charge in [0.05, 0.1) is 6.61 Å². The van der Waals surface area contributed by atoms with E-state index in [-0.39, 0.29) is 0 Å². The first-order valence-corrected chi connectivity index (χ1v) is 7.30. The molecule has 1 heterocycles. The summed E-state index contributed by atoms with van der Waals surface area (Å²) in [6.45, 7) is 3.68. The summed E-state index contributed by atoms with van der Waals surface area (Å²) in [5, 5.41) is 0. The van der Waals surface area contributed by atoms with E-state index in [0.29, 0.717) is 11.9 Å². The van der Waals surface area contributed by atoms with Crippen LogP contribution in [0.15, 0.2) is 18.3 Å². The quantitative estimate of drug-likeness (QED) is 0.708. The van der Waals surface area contributed by atoms with Crippen LogP contribution in [0.1, 0.15) is 32.6 Å². The van der Waals surface area contributed by atoms with Crippen LogP contribution in [0.25, 0.3) is 0 Å². The Morgan fingerprint density at radius 3 is 2.94 bits per heavy atom. The molecule has 1 aliphatic carbocycles. The van der Waals surface area contributed by atoms with Crippen molar-refractivity contribution in [3.05, 3.63) is 18.3 Å². The predicted molar refractivity (Wildman–Crippen MR) is 75.7 cm³/mol. The first-order valence-electron chi connectivity index (χ1n) is 6.77. The summed E-state index contributed by atoms with van der Waals surface area (Å²) >= 11 is 5.92. The van der Waals surface area contributed by atoms with E-state index in [4.69, 9.17) is 16.3 Å². The Balaban J connectivity index is 2.16. The molecule has 0 aromatic carbocycles. The van der Waals surface area contributed by atoms with Crippen molar-refractivity contribution in [2.24, 2.45) is 0 Å². The fraction of sp³-hybridized carbons (Fsp3) is 0.643. The average Bonchev–Trinajstić information content (AvgIpc) is 2.34. The molecule has 0 saturated heterocycles. The molecule has 18 heavy (non-hydrogen) atoms. The number of hydrogen-bond acceptors (Lipinski definition) is 3. The van der Waals surface area contributed by atoms with Gasteiger partial charge in [-0.25, -0.2) is 4.98 Å². The van der Waals surface area contributed by atoms with E-state index in [2.05, 4.69) is 16.8 Å². The molecule has 2 rings (SSSR count). The minimum atomic E-state index is 0.586. The van der Waals surface area contributed by atoms with E-state index in [1.54, 1.807) is 0 Å². The molecule has 3 nitrogen and oxygen atoms in total. The van der Waals surface area contributed by atoms with E-state index in [1.165, 1.54) is 19.3 Å². The average molecular weight is 269 g/mol. The third kappa shape index (κ3) is 3.08. The molecule has 0 spiro atoms. The Hall–Kier alpha value is -0.960. The standard InChI is InChI=1S/C14H21ClN2O/c1-2-11-18-13-7-4-9-16-14(13)17(10-8-15)12-5-3-6-12/h4,7,9,12H,2-3,5-6,8,10-11H2,1H3. The molecule has 0 radical (unpaired) electrons. The zero-order valence-corrected chi connectivity index (χ0v) is 11.7. The molecule has 1 aromatic heterocycles. The van der Waals surface area contributed by atoms with Crippen LogP contribution in [0.2, 0.25) is 0 Å². The molecular weight excluding hydrogens is 248 g/mol. The Kier molecular flexibility index (Phi) is 5.12. The van der Waals surface area contributed by atoms with E-state index in [0.717, 1.165) is 31.1 Å². The lowest BCUT2D eigenvalue weighted by Crippen LogP contribution is -2.42. The summed E-state index contributed by atoms with van der Waals surface area (Å²) < 4.78 is 5.79. The summed E-state index contributed by atoms with van der Waals surface area (Å²) in [5.74, 6) is 2.47. The molecule has 1 saturated carbocycles. The van der Waals surface area contributed by atoms with Crippen LogP contribution in [0.5, 0.6) is 5.75 Å². The van der Waals surface area contributed by atoms with Crippen LogP contribution in [-0.4, -0.2) is 30.1 Å². The Bertz CT molecular complexity index is 369. The van der Waals surface area contributed by atoms with Crippen LogP contribution in [0.3, 0.4) is 0 Å². The third-order valence-corrected chi connectivity index (χ3v) is 3.49. The van der Waals surface area contributed by atoms with Crippen molar-refractivity contribution in [2.75, 3.05) is 23.9 Å². The number of pyridine rings is 1. The minimum absolute atomic E-state index is 0.586. The van der Waals surface area contributed by atoms with Gasteiger partial charge in [-0.3, -0.25) is 0 Å². The van der Waals surface area contributed by atoms with Gasteiger partial charge in [-0.05, 0) is 37.8 Å². The molecule has 1 fully saturated rings. The summed E-state index contributed by atoms with van der Waals surface area (Å²) in [6, 6.07) is 4.51. The van der Waals surface area contributed by atoms with Crippen molar-refractivity contribution >= 4 is 17.4 Å². The van der Waals surface area contributed by atoms with Crippen LogP contribution < -0.4 is 9.64 Å². The monoisotopic (exact) mass is 268 g/mol. The molecule has 0 unspecified atom stereocenters. The highest BCUT2D eigenvalue weighted by Gasteiger charge is 2.27. The highest BCUT2D eigenvalue weighted by atomic mass is 35.5. The number of rotatable bonds is 7. The van der Waals surface area contributed by atoms with E-state index in [9.17, 15) is 0 Å². The SMILES string of the molecule is CCCOc1cccnc1N(CCCl)C1CCC1. The van der Waals surface area contributed by atoms with Crippen LogP contribution in [-0.2, 0) is 0 Å². The van der Waals surface area contributed by atoms with Gasteiger partial charge in [0, 0.05) is 24.7 Å². The maximum atomic E-state index is 5.92. The maximum absolute atomic E-state index is 5.92. The fourth-order valence-electron chi connectivity index (χ4n) is 2.17. The van der Waals surface area contributed by atoms with Crippen LogP contribution >= 0.6 is 11.6 Å². The Morgan fingerprint density at radius 2 is 2.33 bits per heavy atom. The predicted octanol–water partition coefficient (Wildman–Crippen LogP) is 3.47. The lowest BCUT2D eigenvalue weighted by atomic mass is 9.91. The zero-order valence-electron chi connectivity index (χ0n) is 10.9. The number of alkyl halides is 1. The number of ether oxygens (including phenoxy) is 1. The van der Waals surface area contributed by atoms with Gasteiger partial charge in [0.2, 0.25) is 0 Å². The second-order valence-electron chi connectivity index (χ2n) is 4.64. The van der Waals surface area contributed by atoms with Crippen molar-refractivity contribution in [3.8, 4) is 5.75 Å². The maximum Gasteiger partial charge on any atom is 0.171 e. The van der Waals surface area contributed by atoms with Gasteiger partial charge in [0.15, 0.2) is 11.6 Å². The number of anilines is 1. The minimum Gasteiger partial charge on any atom is -0.490 e. The van der Waals surface area contributed by atoms with Crippen LogP contribution in [0, 0.1) is 0 Å². The molecule has 0 aliphatic heterocycles. The number of hydrogen-bond donors (Lipinski definition) is 0. The van der Waals surface area contributed by atoms with Gasteiger partial charge in [0.25, 0.3) is 0 Å². The number of aromatic nitrogens is 1. The fourth-order valence-corrected chi connectivity index (χ4v) is 2.36. The van der Waals surface area contributed by atoms with Gasteiger partial charge in [0.1, 0.15) is 0 Å². The highest BCUT2D eigenvalue weighted by molar-refractivity contribution is 6.18. The molecule has 0 amide bonds. The molecule has 100 valence electrons.